The summed E-state index contributed by atoms with van der Waals surface area (Å²) in [5.41, 5.74) is -1.13. The second-order valence-corrected chi connectivity index (χ2v) is 5.03. The summed E-state index contributed by atoms with van der Waals surface area (Å²) in [5.74, 6) is -1.22. The molecule has 0 aliphatic carbocycles. The molecule has 1 atom stereocenters. The standard InChI is InChI=1S/C12H20N2O4/c15-10(9-2-1-5-13-8-9)14-12(11(16)17)3-6-18-7-4-12/h9,13H,1-8H2,(H,14,15)(H,16,17). The molecular weight excluding hydrogens is 236 g/mol. The summed E-state index contributed by atoms with van der Waals surface area (Å²) in [6.07, 6.45) is 2.47. The van der Waals surface area contributed by atoms with Gasteiger partial charge in [0.1, 0.15) is 5.54 Å². The lowest BCUT2D eigenvalue weighted by Gasteiger charge is -2.35. The molecular formula is C12H20N2O4. The first kappa shape index (κ1) is 13.3. The second-order valence-electron chi connectivity index (χ2n) is 5.03. The molecule has 0 saturated carbocycles. The fourth-order valence-electron chi connectivity index (χ4n) is 2.53. The molecule has 18 heavy (non-hydrogen) atoms. The number of ether oxygens (including phenoxy) is 1. The van der Waals surface area contributed by atoms with Gasteiger partial charge in [-0.25, -0.2) is 4.79 Å². The number of carbonyl (C=O) groups is 2. The predicted molar refractivity (Wildman–Crippen MR) is 64.2 cm³/mol. The number of carbonyl (C=O) groups excluding carboxylic acids is 1. The van der Waals surface area contributed by atoms with Gasteiger partial charge in [-0.05, 0) is 19.4 Å². The van der Waals surface area contributed by atoms with Gasteiger partial charge in [0.25, 0.3) is 0 Å². The minimum Gasteiger partial charge on any atom is -0.480 e. The average Bonchev–Trinajstić information content (AvgIpc) is 2.40. The van der Waals surface area contributed by atoms with Crippen LogP contribution in [0.25, 0.3) is 0 Å². The van der Waals surface area contributed by atoms with E-state index in [0.717, 1.165) is 19.4 Å². The zero-order valence-electron chi connectivity index (χ0n) is 10.4. The van der Waals surface area contributed by atoms with Crippen LogP contribution in [0, 0.1) is 5.92 Å². The highest BCUT2D eigenvalue weighted by molar-refractivity contribution is 5.88. The number of carboxylic acids is 1. The van der Waals surface area contributed by atoms with Gasteiger partial charge in [0.15, 0.2) is 0 Å². The van der Waals surface area contributed by atoms with E-state index >= 15 is 0 Å². The van der Waals surface area contributed by atoms with Crippen molar-refractivity contribution in [2.24, 2.45) is 5.92 Å². The maximum Gasteiger partial charge on any atom is 0.329 e. The molecule has 6 heteroatoms. The fraction of sp³-hybridized carbons (Fsp3) is 0.833. The summed E-state index contributed by atoms with van der Waals surface area (Å²) in [5, 5.41) is 15.3. The van der Waals surface area contributed by atoms with E-state index in [1.54, 1.807) is 0 Å². The number of aliphatic carboxylic acids is 1. The Balaban J connectivity index is 1.99. The molecule has 2 aliphatic rings. The van der Waals surface area contributed by atoms with Crippen LogP contribution in [0.15, 0.2) is 0 Å². The number of piperidine rings is 1. The minimum absolute atomic E-state index is 0.113. The van der Waals surface area contributed by atoms with Crippen LogP contribution in [0.3, 0.4) is 0 Å². The first-order valence-electron chi connectivity index (χ1n) is 6.48. The highest BCUT2D eigenvalue weighted by Crippen LogP contribution is 2.22. The highest BCUT2D eigenvalue weighted by Gasteiger charge is 2.42. The molecule has 2 aliphatic heterocycles. The quantitative estimate of drug-likeness (QED) is 0.647. The molecule has 2 heterocycles. The largest absolute Gasteiger partial charge is 0.480 e. The Morgan fingerprint density at radius 1 is 1.33 bits per heavy atom. The number of carboxylic acid groups (broad SMARTS) is 1. The highest BCUT2D eigenvalue weighted by atomic mass is 16.5. The van der Waals surface area contributed by atoms with Crippen molar-refractivity contribution >= 4 is 11.9 Å². The SMILES string of the molecule is O=C(NC1(C(=O)O)CCOCC1)C1CCCNC1. The van der Waals surface area contributed by atoms with E-state index in [0.29, 0.717) is 32.6 Å². The summed E-state index contributed by atoms with van der Waals surface area (Å²) in [4.78, 5) is 23.5. The lowest BCUT2D eigenvalue weighted by atomic mass is 9.88. The van der Waals surface area contributed by atoms with Crippen LogP contribution < -0.4 is 10.6 Å². The Morgan fingerprint density at radius 2 is 2.06 bits per heavy atom. The van der Waals surface area contributed by atoms with Crippen LogP contribution in [0.2, 0.25) is 0 Å². The summed E-state index contributed by atoms with van der Waals surface area (Å²) in [6.45, 7) is 2.34. The Labute approximate surface area is 106 Å². The number of nitrogens with one attached hydrogen (secondary N) is 2. The molecule has 0 aromatic heterocycles. The number of rotatable bonds is 3. The van der Waals surface area contributed by atoms with Crippen LogP contribution >= 0.6 is 0 Å². The monoisotopic (exact) mass is 256 g/mol. The molecule has 0 bridgehead atoms. The molecule has 0 radical (unpaired) electrons. The van der Waals surface area contributed by atoms with Crippen molar-refractivity contribution in [3.05, 3.63) is 0 Å². The first-order chi connectivity index (χ1) is 8.64. The lowest BCUT2D eigenvalue weighted by Crippen LogP contribution is -2.59. The molecule has 0 spiro atoms. The van der Waals surface area contributed by atoms with Crippen molar-refractivity contribution in [2.45, 2.75) is 31.2 Å². The molecule has 1 amide bonds. The van der Waals surface area contributed by atoms with E-state index in [1.165, 1.54) is 0 Å². The summed E-state index contributed by atoms with van der Waals surface area (Å²) >= 11 is 0. The molecule has 2 saturated heterocycles. The Morgan fingerprint density at radius 3 is 2.61 bits per heavy atom. The van der Waals surface area contributed by atoms with Gasteiger partial charge in [0, 0.05) is 32.6 Å². The smallest absolute Gasteiger partial charge is 0.329 e. The first-order valence-corrected chi connectivity index (χ1v) is 6.48. The molecule has 0 aromatic rings. The molecule has 102 valence electrons. The van der Waals surface area contributed by atoms with Crippen molar-refractivity contribution < 1.29 is 19.4 Å². The molecule has 2 fully saturated rings. The topological polar surface area (TPSA) is 87.7 Å². The summed E-state index contributed by atoms with van der Waals surface area (Å²) in [7, 11) is 0. The van der Waals surface area contributed by atoms with Gasteiger partial charge in [0.2, 0.25) is 5.91 Å². The summed E-state index contributed by atoms with van der Waals surface area (Å²) in [6, 6.07) is 0. The third-order valence-electron chi connectivity index (χ3n) is 3.79. The number of amides is 1. The van der Waals surface area contributed by atoms with Crippen molar-refractivity contribution in [1.82, 2.24) is 10.6 Å². The molecule has 2 rings (SSSR count). The van der Waals surface area contributed by atoms with Crippen molar-refractivity contribution in [2.75, 3.05) is 26.3 Å². The average molecular weight is 256 g/mol. The van der Waals surface area contributed by atoms with E-state index in [1.807, 2.05) is 0 Å². The molecule has 0 aromatic carbocycles. The third-order valence-corrected chi connectivity index (χ3v) is 3.79. The maximum atomic E-state index is 12.1. The van der Waals surface area contributed by atoms with Gasteiger partial charge in [0.05, 0.1) is 5.92 Å². The van der Waals surface area contributed by atoms with Crippen molar-refractivity contribution in [3.63, 3.8) is 0 Å². The van der Waals surface area contributed by atoms with Crippen molar-refractivity contribution in [1.29, 1.82) is 0 Å². The van der Waals surface area contributed by atoms with E-state index < -0.39 is 11.5 Å². The van der Waals surface area contributed by atoms with Gasteiger partial charge >= 0.3 is 5.97 Å². The van der Waals surface area contributed by atoms with Crippen molar-refractivity contribution in [3.8, 4) is 0 Å². The zero-order valence-corrected chi connectivity index (χ0v) is 10.4. The Bertz CT molecular complexity index is 320. The Kier molecular flexibility index (Phi) is 4.19. The van der Waals surface area contributed by atoms with Crippen LogP contribution in [0.1, 0.15) is 25.7 Å². The van der Waals surface area contributed by atoms with E-state index in [-0.39, 0.29) is 11.8 Å². The second kappa shape index (κ2) is 5.67. The van der Waals surface area contributed by atoms with E-state index in [4.69, 9.17) is 4.74 Å². The van der Waals surface area contributed by atoms with Gasteiger partial charge in [-0.2, -0.15) is 0 Å². The minimum atomic E-state index is -1.13. The van der Waals surface area contributed by atoms with Crippen LogP contribution in [0.4, 0.5) is 0 Å². The fourth-order valence-corrected chi connectivity index (χ4v) is 2.53. The van der Waals surface area contributed by atoms with Gasteiger partial charge in [-0.15, -0.1) is 0 Å². The summed E-state index contributed by atoms with van der Waals surface area (Å²) < 4.78 is 5.17. The number of hydrogen-bond donors (Lipinski definition) is 3. The van der Waals surface area contributed by atoms with Gasteiger partial charge < -0.3 is 20.5 Å². The zero-order chi connectivity index (χ0) is 13.0. The Hall–Kier alpha value is -1.14. The molecule has 6 nitrogen and oxygen atoms in total. The predicted octanol–water partition coefficient (Wildman–Crippen LogP) is -0.264. The molecule has 3 N–H and O–H groups in total. The van der Waals surface area contributed by atoms with Crippen LogP contribution in [-0.4, -0.2) is 48.8 Å². The normalized spacial score (nSPS) is 27.4. The lowest BCUT2D eigenvalue weighted by molar-refractivity contribution is -0.152. The van der Waals surface area contributed by atoms with Crippen LogP contribution in [0.5, 0.6) is 0 Å². The third kappa shape index (κ3) is 2.81. The van der Waals surface area contributed by atoms with E-state index in [2.05, 4.69) is 10.6 Å². The van der Waals surface area contributed by atoms with Gasteiger partial charge in [-0.3, -0.25) is 4.79 Å². The number of hydrogen-bond acceptors (Lipinski definition) is 4. The van der Waals surface area contributed by atoms with E-state index in [9.17, 15) is 14.7 Å². The molecule has 1 unspecified atom stereocenters. The maximum absolute atomic E-state index is 12.1. The van der Waals surface area contributed by atoms with Crippen LogP contribution in [-0.2, 0) is 14.3 Å². The van der Waals surface area contributed by atoms with Gasteiger partial charge in [-0.1, -0.05) is 0 Å².